The summed E-state index contributed by atoms with van der Waals surface area (Å²) in [7, 11) is 0. The number of phenols is 1. The van der Waals surface area contributed by atoms with Crippen LogP contribution in [0.4, 0.5) is 0 Å². The molecule has 0 heterocycles. The molecule has 0 aliphatic carbocycles. The molecule has 13 nitrogen and oxygen atoms in total. The van der Waals surface area contributed by atoms with Crippen molar-refractivity contribution in [3.8, 4) is 5.75 Å². The molecule has 1 aromatic carbocycles. The number of primary amides is 1. The second-order valence-electron chi connectivity index (χ2n) is 7.55. The third-order valence-electron chi connectivity index (χ3n) is 4.46. The molecule has 0 aromatic heterocycles. The molecule has 0 saturated carbocycles. The highest BCUT2D eigenvalue weighted by atomic mass is 16.3. The number of phenolic OH excluding ortho intramolecular Hbond substituents is 1. The minimum atomic E-state index is -1.04. The van der Waals surface area contributed by atoms with Gasteiger partial charge in [0.25, 0.3) is 0 Å². The molecule has 186 valence electrons. The number of carbonyl (C=O) groups excluding carboxylic acids is 6. The Morgan fingerprint density at radius 3 is 1.94 bits per heavy atom. The molecular formula is C21H30N6O7. The van der Waals surface area contributed by atoms with Crippen LogP contribution >= 0.6 is 0 Å². The fraction of sp³-hybridized carbons (Fsp3) is 0.429. The first-order chi connectivity index (χ1) is 15.9. The van der Waals surface area contributed by atoms with E-state index in [0.29, 0.717) is 5.56 Å². The molecule has 6 amide bonds. The van der Waals surface area contributed by atoms with Crippen LogP contribution in [0.5, 0.6) is 5.75 Å². The number of carbonyl (C=O) groups is 6. The number of nitrogens with one attached hydrogen (secondary N) is 5. The molecule has 0 aliphatic rings. The van der Waals surface area contributed by atoms with Gasteiger partial charge in [0.2, 0.25) is 35.4 Å². The molecule has 0 saturated heterocycles. The first-order valence-electron chi connectivity index (χ1n) is 10.4. The quantitative estimate of drug-likeness (QED) is 0.167. The van der Waals surface area contributed by atoms with Crippen molar-refractivity contribution in [1.29, 1.82) is 0 Å². The lowest BCUT2D eigenvalue weighted by molar-refractivity contribution is -0.133. The average Bonchev–Trinajstić information content (AvgIpc) is 2.76. The maximum absolute atomic E-state index is 12.7. The molecule has 3 atom stereocenters. The number of nitrogens with two attached hydrogens (primary N) is 1. The number of benzene rings is 1. The number of rotatable bonds is 12. The van der Waals surface area contributed by atoms with Crippen molar-refractivity contribution in [2.75, 3.05) is 13.1 Å². The van der Waals surface area contributed by atoms with Gasteiger partial charge in [-0.1, -0.05) is 12.1 Å². The summed E-state index contributed by atoms with van der Waals surface area (Å²) in [6.45, 7) is 3.24. The number of amides is 6. The fourth-order valence-electron chi connectivity index (χ4n) is 2.67. The minimum Gasteiger partial charge on any atom is -0.508 e. The lowest BCUT2D eigenvalue weighted by Gasteiger charge is -2.22. The van der Waals surface area contributed by atoms with E-state index in [0.717, 1.165) is 0 Å². The smallest absolute Gasteiger partial charge is 0.243 e. The van der Waals surface area contributed by atoms with Crippen molar-refractivity contribution < 1.29 is 33.9 Å². The van der Waals surface area contributed by atoms with Gasteiger partial charge in [0.1, 0.15) is 23.9 Å². The van der Waals surface area contributed by atoms with E-state index in [9.17, 15) is 33.9 Å². The van der Waals surface area contributed by atoms with E-state index >= 15 is 0 Å². The lowest BCUT2D eigenvalue weighted by atomic mass is 10.0. The van der Waals surface area contributed by atoms with Crippen LogP contribution in [0.15, 0.2) is 24.3 Å². The summed E-state index contributed by atoms with van der Waals surface area (Å²) in [5.41, 5.74) is 5.58. The van der Waals surface area contributed by atoms with Crippen LogP contribution in [0.2, 0.25) is 0 Å². The molecule has 0 bridgehead atoms. The molecule has 0 unspecified atom stereocenters. The molecule has 34 heavy (non-hydrogen) atoms. The van der Waals surface area contributed by atoms with E-state index in [1.165, 1.54) is 32.9 Å². The van der Waals surface area contributed by atoms with E-state index in [-0.39, 0.29) is 18.7 Å². The maximum atomic E-state index is 12.7. The van der Waals surface area contributed by atoms with Crippen LogP contribution in [0.1, 0.15) is 26.3 Å². The Kier molecular flexibility index (Phi) is 11.0. The van der Waals surface area contributed by atoms with E-state index in [1.54, 1.807) is 12.1 Å². The summed E-state index contributed by atoms with van der Waals surface area (Å²) in [6.07, 6.45) is 0.122. The lowest BCUT2D eigenvalue weighted by Crippen LogP contribution is -2.55. The van der Waals surface area contributed by atoms with Crippen molar-refractivity contribution in [3.05, 3.63) is 29.8 Å². The van der Waals surface area contributed by atoms with Crippen LogP contribution in [0, 0.1) is 0 Å². The Labute approximate surface area is 196 Å². The third kappa shape index (κ3) is 10.4. The molecular weight excluding hydrogens is 448 g/mol. The fourth-order valence-corrected chi connectivity index (χ4v) is 2.67. The normalized spacial score (nSPS) is 12.9. The monoisotopic (exact) mass is 478 g/mol. The first-order valence-corrected chi connectivity index (χ1v) is 10.4. The van der Waals surface area contributed by atoms with Crippen molar-refractivity contribution in [1.82, 2.24) is 26.6 Å². The van der Waals surface area contributed by atoms with Gasteiger partial charge >= 0.3 is 0 Å². The minimum absolute atomic E-state index is 0.0546. The van der Waals surface area contributed by atoms with Gasteiger partial charge in [0.05, 0.1) is 13.1 Å². The largest absolute Gasteiger partial charge is 0.508 e. The van der Waals surface area contributed by atoms with Crippen LogP contribution in [0.25, 0.3) is 0 Å². The Morgan fingerprint density at radius 1 is 0.824 bits per heavy atom. The molecule has 1 aromatic rings. The van der Waals surface area contributed by atoms with E-state index < -0.39 is 60.1 Å². The molecule has 0 fully saturated rings. The van der Waals surface area contributed by atoms with Crippen LogP contribution in [-0.2, 0) is 35.2 Å². The molecule has 13 heteroatoms. The van der Waals surface area contributed by atoms with Crippen molar-refractivity contribution in [2.24, 2.45) is 5.73 Å². The zero-order chi connectivity index (χ0) is 25.8. The molecule has 1 rings (SSSR count). The summed E-state index contributed by atoms with van der Waals surface area (Å²) in [4.78, 5) is 70.8. The van der Waals surface area contributed by atoms with Gasteiger partial charge < -0.3 is 37.4 Å². The van der Waals surface area contributed by atoms with Crippen molar-refractivity contribution in [2.45, 2.75) is 45.3 Å². The van der Waals surface area contributed by atoms with Gasteiger partial charge in [0.15, 0.2) is 0 Å². The zero-order valence-electron chi connectivity index (χ0n) is 19.1. The van der Waals surface area contributed by atoms with Crippen LogP contribution in [0.3, 0.4) is 0 Å². The summed E-state index contributed by atoms with van der Waals surface area (Å²) >= 11 is 0. The van der Waals surface area contributed by atoms with Crippen molar-refractivity contribution >= 4 is 35.4 Å². The average molecular weight is 479 g/mol. The molecule has 8 N–H and O–H groups in total. The number of hydrogen-bond acceptors (Lipinski definition) is 7. The van der Waals surface area contributed by atoms with Gasteiger partial charge in [-0.25, -0.2) is 0 Å². The van der Waals surface area contributed by atoms with Crippen molar-refractivity contribution in [3.63, 3.8) is 0 Å². The van der Waals surface area contributed by atoms with E-state index in [4.69, 9.17) is 5.73 Å². The van der Waals surface area contributed by atoms with E-state index in [2.05, 4.69) is 26.6 Å². The number of aromatic hydroxyl groups is 1. The van der Waals surface area contributed by atoms with Crippen LogP contribution < -0.4 is 32.3 Å². The van der Waals surface area contributed by atoms with E-state index in [1.807, 2.05) is 0 Å². The van der Waals surface area contributed by atoms with Gasteiger partial charge in [-0.2, -0.15) is 0 Å². The topological polar surface area (TPSA) is 209 Å². The standard InChI is InChI=1S/C21H30N6O7/c1-11(19(32)24-10-18(31)23-9-17(22)30)25-20(33)12(2)26-21(34)16(27-13(3)28)8-14-4-6-15(29)7-5-14/h4-7,11-12,16,29H,8-10H2,1-3H3,(H2,22,30)(H,23,31)(H,24,32)(H,25,33)(H,26,34)(H,27,28)/t11-,12-,16-/m0/s1. The molecule has 0 spiro atoms. The zero-order valence-corrected chi connectivity index (χ0v) is 19.1. The predicted octanol–water partition coefficient (Wildman–Crippen LogP) is -2.83. The Hall–Kier alpha value is -4.16. The highest BCUT2D eigenvalue weighted by Crippen LogP contribution is 2.11. The summed E-state index contributed by atoms with van der Waals surface area (Å²) < 4.78 is 0. The van der Waals surface area contributed by atoms with Gasteiger partial charge in [0, 0.05) is 13.3 Å². The number of hydrogen-bond donors (Lipinski definition) is 7. The first kappa shape index (κ1) is 27.9. The Morgan fingerprint density at radius 2 is 1.38 bits per heavy atom. The van der Waals surface area contributed by atoms with Gasteiger partial charge in [-0.3, -0.25) is 28.8 Å². The SMILES string of the molecule is CC(=O)N[C@@H](Cc1ccc(O)cc1)C(=O)N[C@@H](C)C(=O)N[C@@H](C)C(=O)NCC(=O)NCC(N)=O. The second-order valence-corrected chi connectivity index (χ2v) is 7.55. The summed E-state index contributed by atoms with van der Waals surface area (Å²) in [5, 5.41) is 21.3. The molecule has 0 aliphatic heterocycles. The highest BCUT2D eigenvalue weighted by Gasteiger charge is 2.25. The summed E-state index contributed by atoms with van der Waals surface area (Å²) in [6, 6.07) is 3.04. The predicted molar refractivity (Wildman–Crippen MR) is 120 cm³/mol. The van der Waals surface area contributed by atoms with Crippen LogP contribution in [-0.4, -0.2) is 71.8 Å². The Balaban J connectivity index is 2.60. The third-order valence-corrected chi connectivity index (χ3v) is 4.46. The van der Waals surface area contributed by atoms with Gasteiger partial charge in [-0.15, -0.1) is 0 Å². The highest BCUT2D eigenvalue weighted by molar-refractivity contribution is 5.94. The second kappa shape index (κ2) is 13.4. The summed E-state index contributed by atoms with van der Waals surface area (Å²) in [5.74, 6) is -3.71. The molecule has 0 radical (unpaired) electrons. The maximum Gasteiger partial charge on any atom is 0.243 e. The Bertz CT molecular complexity index is 919. The van der Waals surface area contributed by atoms with Gasteiger partial charge in [-0.05, 0) is 31.5 Å².